The number of rotatable bonds is 8. The van der Waals surface area contributed by atoms with Crippen LogP contribution in [0.5, 0.6) is 0 Å². The molecule has 1 N–H and O–H groups in total. The number of benzene rings is 3. The van der Waals surface area contributed by atoms with Crippen molar-refractivity contribution in [1.82, 2.24) is 19.5 Å². The lowest BCUT2D eigenvalue weighted by Gasteiger charge is -2.34. The van der Waals surface area contributed by atoms with E-state index in [0.717, 1.165) is 55.4 Å². The smallest absolute Gasteiger partial charge is 0.251 e. The summed E-state index contributed by atoms with van der Waals surface area (Å²) in [5.41, 5.74) is 5.13. The van der Waals surface area contributed by atoms with Crippen LogP contribution in [0.1, 0.15) is 34.0 Å². The number of para-hydroxylation sites is 1. The van der Waals surface area contributed by atoms with Gasteiger partial charge in [0.1, 0.15) is 0 Å². The van der Waals surface area contributed by atoms with E-state index < -0.39 is 10.0 Å². The topological polar surface area (TPSA) is 85.8 Å². The first-order valence-electron chi connectivity index (χ1n) is 14.2. The Hall–Kier alpha value is -3.31. The van der Waals surface area contributed by atoms with Gasteiger partial charge in [0.05, 0.1) is 15.1 Å². The third kappa shape index (κ3) is 5.88. The molecule has 2 aliphatic rings. The van der Waals surface area contributed by atoms with Gasteiger partial charge in [-0.2, -0.15) is 4.31 Å². The number of aryl methyl sites for hydroxylation is 1. The zero-order valence-corrected chi connectivity index (χ0v) is 24.9. The first kappa shape index (κ1) is 27.8. The van der Waals surface area contributed by atoms with E-state index in [1.165, 1.54) is 32.3 Å². The van der Waals surface area contributed by atoms with Crippen LogP contribution >= 0.6 is 11.3 Å². The van der Waals surface area contributed by atoms with Gasteiger partial charge in [0, 0.05) is 57.9 Å². The average Bonchev–Trinajstić information content (AvgIpc) is 3.46. The van der Waals surface area contributed by atoms with Crippen LogP contribution in [0.2, 0.25) is 0 Å². The monoisotopic (exact) mass is 589 g/mol. The van der Waals surface area contributed by atoms with Gasteiger partial charge in [0.15, 0.2) is 5.13 Å². The molecule has 2 aliphatic heterocycles. The van der Waals surface area contributed by atoms with Gasteiger partial charge in [-0.05, 0) is 59.9 Å². The summed E-state index contributed by atoms with van der Waals surface area (Å²) in [6.45, 7) is 7.95. The van der Waals surface area contributed by atoms with Crippen LogP contribution in [0.25, 0.3) is 10.2 Å². The molecule has 1 amide bonds. The van der Waals surface area contributed by atoms with Crippen molar-refractivity contribution in [1.29, 1.82) is 0 Å². The number of thiazole rings is 1. The molecule has 41 heavy (non-hydrogen) atoms. The number of carbonyl (C=O) groups excluding carboxylic acids is 1. The predicted molar refractivity (Wildman–Crippen MR) is 164 cm³/mol. The van der Waals surface area contributed by atoms with E-state index in [1.54, 1.807) is 23.5 Å². The van der Waals surface area contributed by atoms with Crippen molar-refractivity contribution in [2.75, 3.05) is 50.7 Å². The number of piperazine rings is 1. The van der Waals surface area contributed by atoms with Crippen molar-refractivity contribution in [3.8, 4) is 0 Å². The van der Waals surface area contributed by atoms with Crippen LogP contribution in [0.3, 0.4) is 0 Å². The Morgan fingerprint density at radius 2 is 1.68 bits per heavy atom. The second-order valence-corrected chi connectivity index (χ2v) is 13.5. The van der Waals surface area contributed by atoms with Gasteiger partial charge in [0.2, 0.25) is 10.0 Å². The Morgan fingerprint density at radius 1 is 0.927 bits per heavy atom. The predicted octanol–water partition coefficient (Wildman–Crippen LogP) is 4.16. The zero-order valence-electron chi connectivity index (χ0n) is 23.3. The summed E-state index contributed by atoms with van der Waals surface area (Å²) in [7, 11) is -3.63. The van der Waals surface area contributed by atoms with Crippen molar-refractivity contribution in [3.63, 3.8) is 0 Å². The van der Waals surface area contributed by atoms with Gasteiger partial charge in [-0.15, -0.1) is 0 Å². The van der Waals surface area contributed by atoms with E-state index in [4.69, 9.17) is 4.98 Å². The summed E-state index contributed by atoms with van der Waals surface area (Å²) < 4.78 is 29.2. The molecule has 3 aromatic carbocycles. The molecule has 0 radical (unpaired) electrons. The summed E-state index contributed by atoms with van der Waals surface area (Å²) in [6, 6.07) is 20.6. The number of fused-ring (bicyclic) bond motifs is 2. The Kier molecular flexibility index (Phi) is 8.07. The number of nitrogens with one attached hydrogen (secondary N) is 1. The van der Waals surface area contributed by atoms with Gasteiger partial charge in [-0.1, -0.05) is 54.7 Å². The first-order chi connectivity index (χ1) is 19.9. The molecule has 0 unspecified atom stereocenters. The highest BCUT2D eigenvalue weighted by molar-refractivity contribution is 7.89. The molecular formula is C31H35N5O3S2. The minimum atomic E-state index is -3.63. The van der Waals surface area contributed by atoms with Crippen LogP contribution in [0, 0.1) is 0 Å². The number of hydrogen-bond donors (Lipinski definition) is 1. The maximum atomic E-state index is 13.2. The highest BCUT2D eigenvalue weighted by Gasteiger charge is 2.28. The fourth-order valence-electron chi connectivity index (χ4n) is 5.61. The molecule has 1 saturated heterocycles. The van der Waals surface area contributed by atoms with Gasteiger partial charge in [-0.3, -0.25) is 9.69 Å². The van der Waals surface area contributed by atoms with Gasteiger partial charge in [0.25, 0.3) is 5.91 Å². The third-order valence-electron chi connectivity index (χ3n) is 8.08. The lowest BCUT2D eigenvalue weighted by atomic mass is 10.0. The number of hydrogen-bond acceptors (Lipinski definition) is 7. The molecule has 214 valence electrons. The van der Waals surface area contributed by atoms with Crippen molar-refractivity contribution in [3.05, 3.63) is 89.0 Å². The van der Waals surface area contributed by atoms with Gasteiger partial charge in [-0.25, -0.2) is 13.4 Å². The number of anilines is 1. The Balaban J connectivity index is 0.980. The van der Waals surface area contributed by atoms with E-state index >= 15 is 0 Å². The summed E-state index contributed by atoms with van der Waals surface area (Å²) in [6.07, 6.45) is 1.68. The molecule has 0 saturated carbocycles. The highest BCUT2D eigenvalue weighted by Crippen LogP contribution is 2.31. The lowest BCUT2D eigenvalue weighted by Crippen LogP contribution is -2.48. The molecule has 0 bridgehead atoms. The molecule has 4 aromatic rings. The third-order valence-corrected chi connectivity index (χ3v) is 11.0. The lowest BCUT2D eigenvalue weighted by molar-refractivity contribution is 0.0947. The second kappa shape index (κ2) is 11.9. The summed E-state index contributed by atoms with van der Waals surface area (Å²) in [5, 5.41) is 4.08. The highest BCUT2D eigenvalue weighted by atomic mass is 32.2. The quantitative estimate of drug-likeness (QED) is 0.332. The number of aromatic nitrogens is 1. The molecule has 6 rings (SSSR count). The second-order valence-electron chi connectivity index (χ2n) is 10.6. The fraction of sp³-hybridized carbons (Fsp3) is 0.355. The van der Waals surface area contributed by atoms with Crippen molar-refractivity contribution >= 4 is 42.6 Å². The molecule has 0 spiro atoms. The molecule has 0 aliphatic carbocycles. The molecular weight excluding hydrogens is 555 g/mol. The summed E-state index contributed by atoms with van der Waals surface area (Å²) >= 11 is 1.76. The zero-order chi connectivity index (χ0) is 28.4. The molecule has 8 nitrogen and oxygen atoms in total. The Labute approximate surface area is 245 Å². The standard InChI is InChI=1S/C31H35N5O3S2/c1-2-23-8-5-9-28-29(23)33-31(40-28)35-20-18-34(19-21-35)17-15-32-30(37)25-10-12-27(13-11-25)41(38,39)36-16-14-24-6-3-4-7-26(24)22-36/h3-13H,2,14-22H2,1H3,(H,32,37). The Bertz CT molecular complexity index is 1640. The maximum absolute atomic E-state index is 13.2. The van der Waals surface area contributed by atoms with E-state index in [0.29, 0.717) is 31.6 Å². The van der Waals surface area contributed by atoms with E-state index in [1.807, 2.05) is 18.2 Å². The van der Waals surface area contributed by atoms with Crippen LogP contribution in [0.4, 0.5) is 5.13 Å². The van der Waals surface area contributed by atoms with Crippen LogP contribution in [-0.4, -0.2) is 74.3 Å². The van der Waals surface area contributed by atoms with Crippen LogP contribution < -0.4 is 10.2 Å². The fourth-order valence-corrected chi connectivity index (χ4v) is 8.09. The van der Waals surface area contributed by atoms with Crippen LogP contribution in [-0.2, 0) is 29.4 Å². The van der Waals surface area contributed by atoms with Gasteiger partial charge < -0.3 is 10.2 Å². The van der Waals surface area contributed by atoms with Crippen molar-refractivity contribution in [2.45, 2.75) is 31.2 Å². The number of sulfonamides is 1. The number of carbonyl (C=O) groups is 1. The number of amides is 1. The van der Waals surface area contributed by atoms with E-state index in [9.17, 15) is 13.2 Å². The van der Waals surface area contributed by atoms with E-state index in [-0.39, 0.29) is 10.8 Å². The molecule has 10 heteroatoms. The van der Waals surface area contributed by atoms with Crippen molar-refractivity contribution < 1.29 is 13.2 Å². The number of nitrogens with zero attached hydrogens (tertiary/aromatic N) is 4. The first-order valence-corrected chi connectivity index (χ1v) is 16.5. The minimum Gasteiger partial charge on any atom is -0.351 e. The molecule has 3 heterocycles. The maximum Gasteiger partial charge on any atom is 0.251 e. The SMILES string of the molecule is CCc1cccc2sc(N3CCN(CCNC(=O)c4ccc(S(=O)(=O)N5CCc6ccccc6C5)cc4)CC3)nc12. The average molecular weight is 590 g/mol. The molecule has 1 fully saturated rings. The van der Waals surface area contributed by atoms with E-state index in [2.05, 4.69) is 46.3 Å². The van der Waals surface area contributed by atoms with Crippen LogP contribution in [0.15, 0.2) is 71.6 Å². The van der Waals surface area contributed by atoms with Gasteiger partial charge >= 0.3 is 0 Å². The minimum absolute atomic E-state index is 0.194. The summed E-state index contributed by atoms with van der Waals surface area (Å²) in [5.74, 6) is -0.194. The normalized spacial score (nSPS) is 16.6. The van der Waals surface area contributed by atoms with Crippen molar-refractivity contribution in [2.24, 2.45) is 0 Å². The molecule has 0 atom stereocenters. The summed E-state index contributed by atoms with van der Waals surface area (Å²) in [4.78, 5) is 22.6. The Morgan fingerprint density at radius 3 is 2.44 bits per heavy atom. The largest absolute Gasteiger partial charge is 0.351 e. The molecule has 1 aromatic heterocycles.